The van der Waals surface area contributed by atoms with Crippen LogP contribution >= 0.6 is 11.3 Å². The van der Waals surface area contributed by atoms with E-state index < -0.39 is 0 Å². The van der Waals surface area contributed by atoms with Gasteiger partial charge in [0.05, 0.1) is 10.2 Å². The van der Waals surface area contributed by atoms with Crippen LogP contribution in [0.4, 0.5) is 0 Å². The predicted molar refractivity (Wildman–Crippen MR) is 78.2 cm³/mol. The number of aromatic amines is 1. The normalized spacial score (nSPS) is 11.0. The first kappa shape index (κ1) is 11.9. The number of nitrogens with one attached hydrogen (secondary N) is 1. The second-order valence-electron chi connectivity index (χ2n) is 4.31. The van der Waals surface area contributed by atoms with Crippen LogP contribution in [0.1, 0.15) is 11.3 Å². The monoisotopic (exact) mass is 271 g/mol. The summed E-state index contributed by atoms with van der Waals surface area (Å²) in [5.41, 5.74) is 2.47. The molecule has 0 unspecified atom stereocenters. The fourth-order valence-corrected chi connectivity index (χ4v) is 2.98. The van der Waals surface area contributed by atoms with Gasteiger partial charge in [0.25, 0.3) is 5.56 Å². The van der Waals surface area contributed by atoms with Crippen molar-refractivity contribution < 1.29 is 0 Å². The Morgan fingerprint density at radius 3 is 3.00 bits per heavy atom. The quantitative estimate of drug-likeness (QED) is 0.745. The molecular weight excluding hydrogens is 258 g/mol. The van der Waals surface area contributed by atoms with Gasteiger partial charge in [0.1, 0.15) is 0 Å². The molecule has 3 rings (SSSR count). The predicted octanol–water partition coefficient (Wildman–Crippen LogP) is 2.81. The standard InChI is InChI=1S/C14H13N3OS/c1-3-6-10-9(2)16-17(13(10)18)14-15-11-7-4-5-8-12(11)19-14/h3-5,7-8,16H,1,6H2,2H3. The van der Waals surface area contributed by atoms with Crippen LogP contribution in [0.5, 0.6) is 0 Å². The number of allylic oxidation sites excluding steroid dienone is 1. The highest BCUT2D eigenvalue weighted by Crippen LogP contribution is 2.23. The van der Waals surface area contributed by atoms with Crippen LogP contribution in [0.2, 0.25) is 0 Å². The van der Waals surface area contributed by atoms with Crippen molar-refractivity contribution in [3.05, 3.63) is 58.5 Å². The molecule has 1 aromatic carbocycles. The van der Waals surface area contributed by atoms with E-state index in [0.717, 1.165) is 21.5 Å². The van der Waals surface area contributed by atoms with Crippen molar-refractivity contribution in [2.75, 3.05) is 0 Å². The summed E-state index contributed by atoms with van der Waals surface area (Å²) in [6, 6.07) is 7.86. The molecule has 0 bridgehead atoms. The third-order valence-electron chi connectivity index (χ3n) is 3.02. The lowest BCUT2D eigenvalue weighted by Crippen LogP contribution is -2.16. The van der Waals surface area contributed by atoms with Crippen molar-refractivity contribution in [2.24, 2.45) is 0 Å². The largest absolute Gasteiger partial charge is 0.293 e. The van der Waals surface area contributed by atoms with Crippen LogP contribution in [-0.2, 0) is 6.42 Å². The number of hydrogen-bond donors (Lipinski definition) is 1. The van der Waals surface area contributed by atoms with Crippen LogP contribution in [0.25, 0.3) is 15.3 Å². The van der Waals surface area contributed by atoms with Gasteiger partial charge >= 0.3 is 0 Å². The van der Waals surface area contributed by atoms with E-state index in [1.165, 1.54) is 16.0 Å². The number of fused-ring (bicyclic) bond motifs is 1. The zero-order chi connectivity index (χ0) is 13.4. The second-order valence-corrected chi connectivity index (χ2v) is 5.32. The molecule has 2 aromatic heterocycles. The Balaban J connectivity index is 2.19. The van der Waals surface area contributed by atoms with Crippen LogP contribution in [0, 0.1) is 6.92 Å². The first-order valence-electron chi connectivity index (χ1n) is 5.98. The minimum Gasteiger partial charge on any atom is -0.293 e. The number of nitrogens with zero attached hydrogens (tertiary/aromatic N) is 2. The first-order valence-corrected chi connectivity index (χ1v) is 6.79. The summed E-state index contributed by atoms with van der Waals surface area (Å²) < 4.78 is 2.58. The average molecular weight is 271 g/mol. The molecule has 0 radical (unpaired) electrons. The third-order valence-corrected chi connectivity index (χ3v) is 4.04. The third kappa shape index (κ3) is 1.92. The lowest BCUT2D eigenvalue weighted by Gasteiger charge is -1.92. The summed E-state index contributed by atoms with van der Waals surface area (Å²) in [5, 5.41) is 3.75. The van der Waals surface area contributed by atoms with Crippen LogP contribution in [-0.4, -0.2) is 14.8 Å². The molecule has 5 heteroatoms. The van der Waals surface area contributed by atoms with Gasteiger partial charge in [-0.1, -0.05) is 29.5 Å². The zero-order valence-corrected chi connectivity index (χ0v) is 11.3. The number of aromatic nitrogens is 3. The number of rotatable bonds is 3. The van der Waals surface area contributed by atoms with E-state index >= 15 is 0 Å². The maximum absolute atomic E-state index is 12.3. The lowest BCUT2D eigenvalue weighted by atomic mass is 10.2. The Kier molecular flexibility index (Phi) is 2.83. The molecule has 2 heterocycles. The molecule has 0 fully saturated rings. The van der Waals surface area contributed by atoms with Gasteiger partial charge in [0, 0.05) is 11.3 Å². The molecule has 3 aromatic rings. The Labute approximate surface area is 114 Å². The second kappa shape index (κ2) is 4.51. The highest BCUT2D eigenvalue weighted by atomic mass is 32.1. The van der Waals surface area contributed by atoms with Gasteiger partial charge in [-0.3, -0.25) is 9.89 Å². The van der Waals surface area contributed by atoms with E-state index in [9.17, 15) is 4.79 Å². The maximum atomic E-state index is 12.3. The minimum atomic E-state index is -0.0449. The Bertz CT molecular complexity index is 777. The van der Waals surface area contributed by atoms with E-state index in [4.69, 9.17) is 0 Å². The van der Waals surface area contributed by atoms with Crippen molar-refractivity contribution in [3.63, 3.8) is 0 Å². The van der Waals surface area contributed by atoms with Gasteiger partial charge in [-0.25, -0.2) is 4.98 Å². The van der Waals surface area contributed by atoms with Gasteiger partial charge in [-0.05, 0) is 25.5 Å². The molecule has 0 aliphatic heterocycles. The SMILES string of the molecule is C=CCc1c(C)[nH]n(-c2nc3ccccc3s2)c1=O. The van der Waals surface area contributed by atoms with E-state index in [1.54, 1.807) is 6.08 Å². The molecule has 4 nitrogen and oxygen atoms in total. The minimum absolute atomic E-state index is 0.0449. The average Bonchev–Trinajstić information content (AvgIpc) is 2.94. The van der Waals surface area contributed by atoms with Gasteiger partial charge in [-0.15, -0.1) is 6.58 Å². The Hall–Kier alpha value is -2.14. The molecule has 0 atom stereocenters. The van der Waals surface area contributed by atoms with Crippen molar-refractivity contribution >= 4 is 21.6 Å². The van der Waals surface area contributed by atoms with Crippen LogP contribution in [0.15, 0.2) is 41.7 Å². The summed E-state index contributed by atoms with van der Waals surface area (Å²) in [4.78, 5) is 16.8. The Morgan fingerprint density at radius 2 is 2.26 bits per heavy atom. The van der Waals surface area contributed by atoms with E-state index in [2.05, 4.69) is 16.7 Å². The van der Waals surface area contributed by atoms with Gasteiger partial charge in [-0.2, -0.15) is 4.68 Å². The molecule has 0 spiro atoms. The fourth-order valence-electron chi connectivity index (χ4n) is 2.06. The van der Waals surface area contributed by atoms with Crippen molar-refractivity contribution in [3.8, 4) is 5.13 Å². The number of H-pyrrole nitrogens is 1. The van der Waals surface area contributed by atoms with Crippen LogP contribution < -0.4 is 5.56 Å². The highest BCUT2D eigenvalue weighted by Gasteiger charge is 2.13. The smallest absolute Gasteiger partial charge is 0.277 e. The van der Waals surface area contributed by atoms with E-state index in [-0.39, 0.29) is 5.56 Å². The van der Waals surface area contributed by atoms with Gasteiger partial charge < -0.3 is 0 Å². The summed E-state index contributed by atoms with van der Waals surface area (Å²) in [6.45, 7) is 5.57. The van der Waals surface area contributed by atoms with Crippen LogP contribution in [0.3, 0.4) is 0 Å². The van der Waals surface area contributed by atoms with Gasteiger partial charge in [0.15, 0.2) is 0 Å². The topological polar surface area (TPSA) is 50.7 Å². The number of aryl methyl sites for hydroxylation is 1. The number of thiazole rings is 1. The fraction of sp³-hybridized carbons (Fsp3) is 0.143. The summed E-state index contributed by atoms with van der Waals surface area (Å²) >= 11 is 1.50. The molecular formula is C14H13N3OS. The van der Waals surface area contributed by atoms with E-state index in [0.29, 0.717) is 11.6 Å². The summed E-state index contributed by atoms with van der Waals surface area (Å²) in [5.74, 6) is 0. The van der Waals surface area contributed by atoms with E-state index in [1.807, 2.05) is 31.2 Å². The Morgan fingerprint density at radius 1 is 1.47 bits per heavy atom. The van der Waals surface area contributed by atoms with Crippen molar-refractivity contribution in [2.45, 2.75) is 13.3 Å². The first-order chi connectivity index (χ1) is 9.20. The zero-order valence-electron chi connectivity index (χ0n) is 10.5. The van der Waals surface area contributed by atoms with Gasteiger partial charge in [0.2, 0.25) is 5.13 Å². The van der Waals surface area contributed by atoms with Crippen molar-refractivity contribution in [1.29, 1.82) is 0 Å². The number of benzene rings is 1. The summed E-state index contributed by atoms with van der Waals surface area (Å²) in [7, 11) is 0. The molecule has 0 aliphatic rings. The lowest BCUT2D eigenvalue weighted by molar-refractivity contribution is 0.828. The molecule has 19 heavy (non-hydrogen) atoms. The summed E-state index contributed by atoms with van der Waals surface area (Å²) in [6.07, 6.45) is 2.30. The molecule has 1 N–H and O–H groups in total. The molecule has 0 saturated heterocycles. The molecule has 0 amide bonds. The molecule has 0 aliphatic carbocycles. The number of para-hydroxylation sites is 1. The number of hydrogen-bond acceptors (Lipinski definition) is 3. The maximum Gasteiger partial charge on any atom is 0.277 e. The molecule has 96 valence electrons. The van der Waals surface area contributed by atoms with Crippen molar-refractivity contribution in [1.82, 2.24) is 14.8 Å². The molecule has 0 saturated carbocycles. The highest BCUT2D eigenvalue weighted by molar-refractivity contribution is 7.20.